The van der Waals surface area contributed by atoms with Gasteiger partial charge in [0, 0.05) is 0 Å². The van der Waals surface area contributed by atoms with Gasteiger partial charge < -0.3 is 0 Å². The topological polar surface area (TPSA) is 0 Å². The van der Waals surface area contributed by atoms with Crippen molar-refractivity contribution in [3.8, 4) is 11.1 Å². The summed E-state index contributed by atoms with van der Waals surface area (Å²) in [5.41, 5.74) is 5.11. The highest BCUT2D eigenvalue weighted by Crippen LogP contribution is 2.23. The third kappa shape index (κ3) is 3.69. The molecule has 0 spiro atoms. The Kier molecular flexibility index (Phi) is 4.74. The number of allylic oxidation sites excluding steroid dienone is 4. The van der Waals surface area contributed by atoms with Crippen molar-refractivity contribution in [2.24, 2.45) is 0 Å². The first-order valence-electron chi connectivity index (χ1n) is 6.80. The van der Waals surface area contributed by atoms with Gasteiger partial charge in [-0.25, -0.2) is 0 Å². The van der Waals surface area contributed by atoms with Gasteiger partial charge in [-0.1, -0.05) is 73.7 Å². The first-order valence-corrected chi connectivity index (χ1v) is 6.80. The smallest absolute Gasteiger partial charge is 0.0178 e. The molecule has 0 fully saturated rings. The van der Waals surface area contributed by atoms with Crippen molar-refractivity contribution in [2.45, 2.75) is 20.3 Å². The lowest BCUT2D eigenvalue weighted by molar-refractivity contribution is 1.22. The molecule has 0 bridgehead atoms. The van der Waals surface area contributed by atoms with E-state index in [1.54, 1.807) is 0 Å². The maximum absolute atomic E-state index is 2.25. The largest absolute Gasteiger partial charge is 0.0848 e. The minimum Gasteiger partial charge on any atom is -0.0848 e. The van der Waals surface area contributed by atoms with E-state index in [9.17, 15) is 0 Å². The summed E-state index contributed by atoms with van der Waals surface area (Å²) in [5.74, 6) is 0. The van der Waals surface area contributed by atoms with Crippen molar-refractivity contribution in [3.05, 3.63) is 78.4 Å². The number of benzene rings is 2. The van der Waals surface area contributed by atoms with Crippen LogP contribution in [0, 0.1) is 0 Å². The van der Waals surface area contributed by atoms with Crippen LogP contribution >= 0.6 is 0 Å². The predicted octanol–water partition coefficient (Wildman–Crippen LogP) is 5.72. The van der Waals surface area contributed by atoms with E-state index in [4.69, 9.17) is 0 Å². The molecule has 0 unspecified atom stereocenters. The summed E-state index contributed by atoms with van der Waals surface area (Å²) in [6.45, 7) is 4.31. The minimum absolute atomic E-state index is 1.08. The third-order valence-electron chi connectivity index (χ3n) is 3.14. The zero-order valence-corrected chi connectivity index (χ0v) is 11.6. The van der Waals surface area contributed by atoms with Gasteiger partial charge in [-0.15, -0.1) is 0 Å². The summed E-state index contributed by atoms with van der Waals surface area (Å²) in [6, 6.07) is 19.2. The Morgan fingerprint density at radius 2 is 1.68 bits per heavy atom. The Balaban J connectivity index is 2.30. The fraction of sp³-hybridized carbons (Fsp3) is 0.158. The summed E-state index contributed by atoms with van der Waals surface area (Å²) in [5, 5.41) is 0. The van der Waals surface area contributed by atoms with Gasteiger partial charge in [0.15, 0.2) is 0 Å². The lowest BCUT2D eigenvalue weighted by Crippen LogP contribution is -1.82. The second kappa shape index (κ2) is 6.75. The molecule has 2 aromatic rings. The highest BCUT2D eigenvalue weighted by molar-refractivity contribution is 5.72. The van der Waals surface area contributed by atoms with E-state index in [0.29, 0.717) is 0 Å². The second-order valence-corrected chi connectivity index (χ2v) is 4.63. The summed E-state index contributed by atoms with van der Waals surface area (Å²) in [6.07, 6.45) is 7.55. The molecule has 0 amide bonds. The van der Waals surface area contributed by atoms with Gasteiger partial charge in [0.25, 0.3) is 0 Å². The lowest BCUT2D eigenvalue weighted by atomic mass is 9.99. The molecule has 96 valence electrons. The Labute approximate surface area is 116 Å². The molecule has 0 heteroatoms. The Morgan fingerprint density at radius 3 is 2.42 bits per heavy atom. The van der Waals surface area contributed by atoms with E-state index in [-0.39, 0.29) is 0 Å². The number of hydrogen-bond acceptors (Lipinski definition) is 0. The molecule has 0 N–H and O–H groups in total. The Morgan fingerprint density at radius 1 is 0.947 bits per heavy atom. The van der Waals surface area contributed by atoms with E-state index in [1.165, 1.54) is 22.3 Å². The zero-order valence-electron chi connectivity index (χ0n) is 11.6. The first kappa shape index (κ1) is 13.4. The highest BCUT2D eigenvalue weighted by Gasteiger charge is 1.99. The average molecular weight is 248 g/mol. The maximum Gasteiger partial charge on any atom is -0.0178 e. The van der Waals surface area contributed by atoms with Crippen molar-refractivity contribution in [1.82, 2.24) is 0 Å². The standard InChI is InChI=1S/C19H20/c1-3-4-6-10-16(2)18-13-9-14-19(15-18)17-11-7-5-8-12-17/h4-15H,3H2,1-2H3/b6-4-,16-10-. The van der Waals surface area contributed by atoms with Crippen molar-refractivity contribution in [3.63, 3.8) is 0 Å². The van der Waals surface area contributed by atoms with Gasteiger partial charge in [-0.05, 0) is 41.7 Å². The highest BCUT2D eigenvalue weighted by atomic mass is 14.0. The summed E-state index contributed by atoms with van der Waals surface area (Å²) in [4.78, 5) is 0. The fourth-order valence-corrected chi connectivity index (χ4v) is 2.02. The summed E-state index contributed by atoms with van der Waals surface area (Å²) < 4.78 is 0. The van der Waals surface area contributed by atoms with Crippen LogP contribution in [-0.2, 0) is 0 Å². The molecule has 0 radical (unpaired) electrons. The van der Waals surface area contributed by atoms with Crippen LogP contribution in [0.3, 0.4) is 0 Å². The van der Waals surface area contributed by atoms with Crippen LogP contribution in [0.25, 0.3) is 16.7 Å². The number of hydrogen-bond donors (Lipinski definition) is 0. The van der Waals surface area contributed by atoms with E-state index in [0.717, 1.165) is 6.42 Å². The molecule has 0 nitrogen and oxygen atoms in total. The predicted molar refractivity (Wildman–Crippen MR) is 85.0 cm³/mol. The Bertz CT molecular complexity index is 574. The summed E-state index contributed by atoms with van der Waals surface area (Å²) in [7, 11) is 0. The van der Waals surface area contributed by atoms with E-state index < -0.39 is 0 Å². The SMILES string of the molecule is CC/C=C\C=C(\C)c1cccc(-c2ccccc2)c1. The third-order valence-corrected chi connectivity index (χ3v) is 3.14. The van der Waals surface area contributed by atoms with Crippen molar-refractivity contribution in [2.75, 3.05) is 0 Å². The Hall–Kier alpha value is -2.08. The van der Waals surface area contributed by atoms with Crippen molar-refractivity contribution in [1.29, 1.82) is 0 Å². The van der Waals surface area contributed by atoms with Crippen LogP contribution in [0.1, 0.15) is 25.8 Å². The van der Waals surface area contributed by atoms with Crippen LogP contribution in [0.5, 0.6) is 0 Å². The second-order valence-electron chi connectivity index (χ2n) is 4.63. The van der Waals surface area contributed by atoms with Gasteiger partial charge >= 0.3 is 0 Å². The van der Waals surface area contributed by atoms with E-state index in [2.05, 4.69) is 80.6 Å². The van der Waals surface area contributed by atoms with Crippen molar-refractivity contribution >= 4 is 5.57 Å². The van der Waals surface area contributed by atoms with Gasteiger partial charge in [-0.3, -0.25) is 0 Å². The molecule has 0 heterocycles. The van der Waals surface area contributed by atoms with E-state index in [1.807, 2.05) is 6.07 Å². The molecule has 0 aliphatic rings. The molecule has 0 aliphatic heterocycles. The van der Waals surface area contributed by atoms with Crippen LogP contribution in [0.15, 0.2) is 72.8 Å². The van der Waals surface area contributed by atoms with Crippen LogP contribution in [-0.4, -0.2) is 0 Å². The monoisotopic (exact) mass is 248 g/mol. The van der Waals surface area contributed by atoms with Gasteiger partial charge in [0.05, 0.1) is 0 Å². The van der Waals surface area contributed by atoms with Gasteiger partial charge in [-0.2, -0.15) is 0 Å². The molecule has 0 saturated carbocycles. The van der Waals surface area contributed by atoms with Crippen LogP contribution in [0.2, 0.25) is 0 Å². The molecule has 2 rings (SSSR count). The molecule has 0 aromatic heterocycles. The van der Waals surface area contributed by atoms with Gasteiger partial charge in [0.1, 0.15) is 0 Å². The molecule has 0 atom stereocenters. The zero-order chi connectivity index (χ0) is 13.5. The fourth-order valence-electron chi connectivity index (χ4n) is 2.02. The average Bonchev–Trinajstić information content (AvgIpc) is 2.48. The van der Waals surface area contributed by atoms with Crippen LogP contribution in [0.4, 0.5) is 0 Å². The number of rotatable bonds is 4. The molecule has 0 saturated heterocycles. The quantitative estimate of drug-likeness (QED) is 0.607. The molecular formula is C19H20. The van der Waals surface area contributed by atoms with Crippen LogP contribution < -0.4 is 0 Å². The molecule has 0 aliphatic carbocycles. The van der Waals surface area contributed by atoms with Gasteiger partial charge in [0.2, 0.25) is 0 Å². The molecule has 2 aromatic carbocycles. The lowest BCUT2D eigenvalue weighted by Gasteiger charge is -2.05. The first-order chi connectivity index (χ1) is 9.31. The van der Waals surface area contributed by atoms with Crippen molar-refractivity contribution < 1.29 is 0 Å². The maximum atomic E-state index is 2.25. The van der Waals surface area contributed by atoms with E-state index >= 15 is 0 Å². The normalized spacial score (nSPS) is 12.0. The summed E-state index contributed by atoms with van der Waals surface area (Å²) >= 11 is 0. The molecular weight excluding hydrogens is 228 g/mol. The minimum atomic E-state index is 1.08. The molecule has 19 heavy (non-hydrogen) atoms.